The lowest BCUT2D eigenvalue weighted by molar-refractivity contribution is -0.121. The number of carbonyl (C=O) groups is 1. The van der Waals surface area contributed by atoms with Gasteiger partial charge in [-0.2, -0.15) is 0 Å². The molecule has 0 aliphatic heterocycles. The number of hydrogen-bond acceptors (Lipinski definition) is 4. The van der Waals surface area contributed by atoms with Crippen LogP contribution in [0.2, 0.25) is 0 Å². The molecule has 7 heteroatoms. The maximum Gasteiger partial charge on any atom is 0.238 e. The maximum atomic E-state index is 12.2. The van der Waals surface area contributed by atoms with E-state index in [1.165, 1.54) is 12.1 Å². The molecular formula is C18H22N2O4S. The van der Waals surface area contributed by atoms with Gasteiger partial charge in [0.2, 0.25) is 15.9 Å². The lowest BCUT2D eigenvalue weighted by Gasteiger charge is -2.15. The Labute approximate surface area is 148 Å². The van der Waals surface area contributed by atoms with Crippen LogP contribution in [0.1, 0.15) is 29.7 Å². The number of methoxy groups -OCH3 is 1. The minimum absolute atomic E-state index is 0.0431. The van der Waals surface area contributed by atoms with Crippen molar-refractivity contribution in [1.82, 2.24) is 5.32 Å². The van der Waals surface area contributed by atoms with Crippen molar-refractivity contribution in [3.05, 3.63) is 59.2 Å². The third kappa shape index (κ3) is 5.04. The van der Waals surface area contributed by atoms with Crippen molar-refractivity contribution in [1.29, 1.82) is 0 Å². The highest BCUT2D eigenvalue weighted by molar-refractivity contribution is 7.89. The zero-order chi connectivity index (χ0) is 18.6. The molecule has 134 valence electrons. The molecule has 1 atom stereocenters. The monoisotopic (exact) mass is 362 g/mol. The van der Waals surface area contributed by atoms with E-state index in [-0.39, 0.29) is 23.3 Å². The van der Waals surface area contributed by atoms with Gasteiger partial charge in [-0.05, 0) is 48.7 Å². The molecule has 0 aliphatic carbocycles. The van der Waals surface area contributed by atoms with Crippen LogP contribution in [-0.4, -0.2) is 21.4 Å². The molecule has 0 fully saturated rings. The number of nitrogens with two attached hydrogens (primary N) is 1. The van der Waals surface area contributed by atoms with Gasteiger partial charge in [0.05, 0.1) is 24.5 Å². The molecule has 0 aromatic heterocycles. The van der Waals surface area contributed by atoms with Crippen LogP contribution in [0.4, 0.5) is 0 Å². The number of primary sulfonamides is 1. The average Bonchev–Trinajstić information content (AvgIpc) is 2.55. The Morgan fingerprint density at radius 3 is 2.40 bits per heavy atom. The molecule has 0 radical (unpaired) electrons. The Balaban J connectivity index is 2.02. The number of hydrogen-bond donors (Lipinski definition) is 2. The van der Waals surface area contributed by atoms with Crippen LogP contribution in [0.25, 0.3) is 0 Å². The predicted octanol–water partition coefficient (Wildman–Crippen LogP) is 2.07. The second-order valence-corrected chi connectivity index (χ2v) is 7.45. The van der Waals surface area contributed by atoms with Gasteiger partial charge in [-0.25, -0.2) is 13.6 Å². The summed E-state index contributed by atoms with van der Waals surface area (Å²) in [5, 5.41) is 7.97. The second-order valence-electron chi connectivity index (χ2n) is 5.88. The molecule has 2 aromatic rings. The lowest BCUT2D eigenvalue weighted by atomic mass is 10.1. The number of amides is 1. The smallest absolute Gasteiger partial charge is 0.238 e. The second kappa shape index (κ2) is 7.67. The topological polar surface area (TPSA) is 98.5 Å². The number of aryl methyl sites for hydroxylation is 1. The number of carbonyl (C=O) groups excluding carboxylic acids is 1. The molecule has 0 spiro atoms. The van der Waals surface area contributed by atoms with Gasteiger partial charge in [0.25, 0.3) is 0 Å². The summed E-state index contributed by atoms with van der Waals surface area (Å²) in [5.74, 6) is 0.617. The molecule has 2 rings (SSSR count). The van der Waals surface area contributed by atoms with E-state index >= 15 is 0 Å². The summed E-state index contributed by atoms with van der Waals surface area (Å²) in [5.41, 5.74) is 2.66. The van der Waals surface area contributed by atoms with Gasteiger partial charge in [0.1, 0.15) is 5.75 Å². The quantitative estimate of drug-likeness (QED) is 0.822. The first kappa shape index (κ1) is 19.0. The minimum Gasteiger partial charge on any atom is -0.496 e. The van der Waals surface area contributed by atoms with Gasteiger partial charge >= 0.3 is 0 Å². The van der Waals surface area contributed by atoms with Crippen molar-refractivity contribution in [2.24, 2.45) is 5.14 Å². The molecule has 0 saturated carbocycles. The number of benzene rings is 2. The molecule has 2 aromatic carbocycles. The molecular weight excluding hydrogens is 340 g/mol. The Bertz CT molecular complexity index is 861. The summed E-state index contributed by atoms with van der Waals surface area (Å²) >= 11 is 0. The Kier molecular flexibility index (Phi) is 5.81. The van der Waals surface area contributed by atoms with E-state index in [4.69, 9.17) is 9.88 Å². The summed E-state index contributed by atoms with van der Waals surface area (Å²) in [6.07, 6.45) is 0.232. The van der Waals surface area contributed by atoms with E-state index in [9.17, 15) is 13.2 Å². The molecule has 0 aliphatic rings. The zero-order valence-corrected chi connectivity index (χ0v) is 15.3. The van der Waals surface area contributed by atoms with Crippen LogP contribution >= 0.6 is 0 Å². The minimum atomic E-state index is -3.72. The Hall–Kier alpha value is -2.38. The number of nitrogens with one attached hydrogen (secondary N) is 1. The molecule has 0 saturated heterocycles. The first-order valence-corrected chi connectivity index (χ1v) is 9.31. The van der Waals surface area contributed by atoms with Gasteiger partial charge in [-0.3, -0.25) is 4.79 Å². The van der Waals surface area contributed by atoms with E-state index in [1.807, 2.05) is 32.0 Å². The van der Waals surface area contributed by atoms with E-state index in [2.05, 4.69) is 5.32 Å². The van der Waals surface area contributed by atoms with Crippen LogP contribution in [0.5, 0.6) is 5.75 Å². The summed E-state index contributed by atoms with van der Waals surface area (Å²) in [7, 11) is -2.12. The van der Waals surface area contributed by atoms with Crippen molar-refractivity contribution < 1.29 is 17.9 Å². The Morgan fingerprint density at radius 1 is 1.20 bits per heavy atom. The fourth-order valence-corrected chi connectivity index (χ4v) is 3.00. The van der Waals surface area contributed by atoms with Crippen molar-refractivity contribution >= 4 is 15.9 Å². The summed E-state index contributed by atoms with van der Waals surface area (Å²) < 4.78 is 27.8. The molecule has 0 bridgehead atoms. The fourth-order valence-electron chi connectivity index (χ4n) is 2.48. The van der Waals surface area contributed by atoms with Crippen LogP contribution in [0, 0.1) is 6.92 Å². The van der Waals surface area contributed by atoms with Gasteiger partial charge in [0.15, 0.2) is 0 Å². The largest absolute Gasteiger partial charge is 0.496 e. The van der Waals surface area contributed by atoms with E-state index in [0.29, 0.717) is 0 Å². The van der Waals surface area contributed by atoms with E-state index < -0.39 is 10.0 Å². The third-order valence-corrected chi connectivity index (χ3v) is 4.85. The molecule has 6 nitrogen and oxygen atoms in total. The number of sulfonamides is 1. The zero-order valence-electron chi connectivity index (χ0n) is 14.4. The van der Waals surface area contributed by atoms with E-state index in [0.717, 1.165) is 22.4 Å². The Morgan fingerprint density at radius 2 is 1.84 bits per heavy atom. The van der Waals surface area contributed by atoms with Gasteiger partial charge < -0.3 is 10.1 Å². The van der Waals surface area contributed by atoms with Crippen LogP contribution in [0.3, 0.4) is 0 Å². The van der Waals surface area contributed by atoms with Crippen LogP contribution < -0.4 is 15.2 Å². The van der Waals surface area contributed by atoms with Gasteiger partial charge in [-0.1, -0.05) is 24.3 Å². The predicted molar refractivity (Wildman–Crippen MR) is 95.8 cm³/mol. The SMILES string of the molecule is COc1cc(CC(=O)NC(C)c2ccc(S(N)(=O)=O)cc2)ccc1C. The number of rotatable bonds is 6. The highest BCUT2D eigenvalue weighted by Crippen LogP contribution is 2.20. The molecule has 3 N–H and O–H groups in total. The fraction of sp³-hybridized carbons (Fsp3) is 0.278. The van der Waals surface area contributed by atoms with Gasteiger partial charge in [-0.15, -0.1) is 0 Å². The maximum absolute atomic E-state index is 12.2. The van der Waals surface area contributed by atoms with Crippen molar-refractivity contribution in [3.63, 3.8) is 0 Å². The third-order valence-electron chi connectivity index (χ3n) is 3.92. The van der Waals surface area contributed by atoms with Crippen molar-refractivity contribution in [3.8, 4) is 5.75 Å². The molecule has 0 heterocycles. The first-order chi connectivity index (χ1) is 11.7. The summed E-state index contributed by atoms with van der Waals surface area (Å²) in [6.45, 7) is 3.77. The first-order valence-electron chi connectivity index (χ1n) is 7.76. The standard InChI is InChI=1S/C18H22N2O4S/c1-12-4-5-14(10-17(12)24-3)11-18(21)20-13(2)15-6-8-16(9-7-15)25(19,22)23/h4-10,13H,11H2,1-3H3,(H,20,21)(H2,19,22,23). The van der Waals surface area contributed by atoms with Crippen LogP contribution in [-0.2, 0) is 21.2 Å². The molecule has 1 amide bonds. The number of ether oxygens (including phenoxy) is 1. The molecule has 25 heavy (non-hydrogen) atoms. The normalized spacial score (nSPS) is 12.5. The molecule has 1 unspecified atom stereocenters. The van der Waals surface area contributed by atoms with Crippen LogP contribution in [0.15, 0.2) is 47.4 Å². The van der Waals surface area contributed by atoms with Crippen molar-refractivity contribution in [2.75, 3.05) is 7.11 Å². The summed E-state index contributed by atoms with van der Waals surface area (Å²) in [6, 6.07) is 11.5. The average molecular weight is 362 g/mol. The lowest BCUT2D eigenvalue weighted by Crippen LogP contribution is -2.28. The van der Waals surface area contributed by atoms with E-state index in [1.54, 1.807) is 19.2 Å². The van der Waals surface area contributed by atoms with Gasteiger partial charge in [0, 0.05) is 0 Å². The highest BCUT2D eigenvalue weighted by Gasteiger charge is 2.13. The van der Waals surface area contributed by atoms with Crippen molar-refractivity contribution in [2.45, 2.75) is 31.2 Å². The highest BCUT2D eigenvalue weighted by atomic mass is 32.2. The summed E-state index contributed by atoms with van der Waals surface area (Å²) in [4.78, 5) is 12.3.